The molecule has 28 heavy (non-hydrogen) atoms. The second-order valence-corrected chi connectivity index (χ2v) is 5.92. The molecule has 1 amide bonds. The molecule has 0 saturated heterocycles. The van der Waals surface area contributed by atoms with Crippen LogP contribution in [0, 0.1) is 0 Å². The molecule has 0 spiro atoms. The van der Waals surface area contributed by atoms with Crippen molar-refractivity contribution < 1.29 is 28.6 Å². The molecular weight excluding hydrogens is 362 g/mol. The third kappa shape index (κ3) is 5.33. The van der Waals surface area contributed by atoms with Crippen molar-refractivity contribution in [3.05, 3.63) is 53.6 Å². The molecule has 148 valence electrons. The van der Waals surface area contributed by atoms with E-state index in [1.54, 1.807) is 36.4 Å². The Morgan fingerprint density at radius 1 is 0.964 bits per heavy atom. The average Bonchev–Trinajstić information content (AvgIpc) is 2.71. The Labute approximate surface area is 163 Å². The van der Waals surface area contributed by atoms with Crippen LogP contribution in [0.1, 0.15) is 40.5 Å². The van der Waals surface area contributed by atoms with Gasteiger partial charge in [-0.25, -0.2) is 4.79 Å². The fourth-order valence-electron chi connectivity index (χ4n) is 2.53. The smallest absolute Gasteiger partial charge is 0.342 e. The molecule has 0 bridgehead atoms. The molecule has 0 aliphatic heterocycles. The molecule has 0 unspecified atom stereocenters. The van der Waals surface area contributed by atoms with Crippen LogP contribution < -0.4 is 14.8 Å². The van der Waals surface area contributed by atoms with Crippen molar-refractivity contribution in [3.8, 4) is 11.5 Å². The van der Waals surface area contributed by atoms with Crippen LogP contribution in [-0.4, -0.2) is 38.5 Å². The number of carbonyl (C=O) groups excluding carboxylic acids is 3. The number of anilines is 1. The molecule has 0 aromatic heterocycles. The first-order chi connectivity index (χ1) is 13.5. The van der Waals surface area contributed by atoms with Gasteiger partial charge in [-0.3, -0.25) is 9.59 Å². The number of nitrogens with one attached hydrogen (secondary N) is 1. The van der Waals surface area contributed by atoms with Gasteiger partial charge >= 0.3 is 5.97 Å². The van der Waals surface area contributed by atoms with Crippen LogP contribution in [0.25, 0.3) is 0 Å². The molecule has 2 aromatic rings. The van der Waals surface area contributed by atoms with E-state index in [1.165, 1.54) is 20.3 Å². The lowest BCUT2D eigenvalue weighted by Crippen LogP contribution is -2.15. The maximum absolute atomic E-state index is 12.3. The summed E-state index contributed by atoms with van der Waals surface area (Å²) >= 11 is 0. The van der Waals surface area contributed by atoms with Gasteiger partial charge in [0.15, 0.2) is 23.9 Å². The van der Waals surface area contributed by atoms with Gasteiger partial charge in [-0.15, -0.1) is 0 Å². The lowest BCUT2D eigenvalue weighted by molar-refractivity contribution is -0.116. The van der Waals surface area contributed by atoms with Crippen LogP contribution in [0.15, 0.2) is 42.5 Å². The van der Waals surface area contributed by atoms with Crippen molar-refractivity contribution in [1.29, 1.82) is 0 Å². The highest BCUT2D eigenvalue weighted by Crippen LogP contribution is 2.31. The molecule has 0 saturated carbocycles. The van der Waals surface area contributed by atoms with Crippen molar-refractivity contribution in [1.82, 2.24) is 0 Å². The number of hydrogen-bond donors (Lipinski definition) is 1. The predicted octanol–water partition coefficient (Wildman–Crippen LogP) is 3.48. The fraction of sp³-hybridized carbons (Fsp3) is 0.286. The first kappa shape index (κ1) is 21.0. The lowest BCUT2D eigenvalue weighted by atomic mass is 10.1. The summed E-state index contributed by atoms with van der Waals surface area (Å²) in [7, 11) is 2.88. The van der Waals surface area contributed by atoms with Gasteiger partial charge < -0.3 is 19.5 Å². The number of carbonyl (C=O) groups is 3. The van der Waals surface area contributed by atoms with E-state index in [0.29, 0.717) is 23.4 Å². The number of methoxy groups -OCH3 is 2. The maximum atomic E-state index is 12.3. The Balaban J connectivity index is 1.98. The van der Waals surface area contributed by atoms with E-state index < -0.39 is 12.6 Å². The zero-order chi connectivity index (χ0) is 20.5. The van der Waals surface area contributed by atoms with Gasteiger partial charge in [0.1, 0.15) is 5.56 Å². The van der Waals surface area contributed by atoms with Gasteiger partial charge in [-0.05, 0) is 42.8 Å². The second-order valence-electron chi connectivity index (χ2n) is 5.92. The molecule has 7 nitrogen and oxygen atoms in total. The first-order valence-electron chi connectivity index (χ1n) is 8.81. The van der Waals surface area contributed by atoms with E-state index in [0.717, 1.165) is 6.42 Å². The number of benzene rings is 2. The molecule has 2 rings (SSSR count). The predicted molar refractivity (Wildman–Crippen MR) is 104 cm³/mol. The highest BCUT2D eigenvalue weighted by atomic mass is 16.5. The summed E-state index contributed by atoms with van der Waals surface area (Å²) in [6.45, 7) is 1.50. The molecule has 2 aromatic carbocycles. The minimum absolute atomic E-state index is 0.0808. The highest BCUT2D eigenvalue weighted by Gasteiger charge is 2.19. The number of hydrogen-bond acceptors (Lipinski definition) is 6. The number of ether oxygens (including phenoxy) is 3. The van der Waals surface area contributed by atoms with E-state index in [9.17, 15) is 14.4 Å². The van der Waals surface area contributed by atoms with Gasteiger partial charge in [0.25, 0.3) is 0 Å². The van der Waals surface area contributed by atoms with E-state index in [4.69, 9.17) is 14.2 Å². The molecule has 0 radical (unpaired) electrons. The summed E-state index contributed by atoms with van der Waals surface area (Å²) in [5.41, 5.74) is 1.15. The summed E-state index contributed by atoms with van der Waals surface area (Å²) in [6.07, 6.45) is 1.19. The summed E-state index contributed by atoms with van der Waals surface area (Å²) in [4.78, 5) is 36.2. The molecule has 0 aliphatic carbocycles. The highest BCUT2D eigenvalue weighted by molar-refractivity contribution is 6.00. The van der Waals surface area contributed by atoms with Gasteiger partial charge in [0, 0.05) is 17.7 Å². The van der Waals surface area contributed by atoms with Crippen molar-refractivity contribution in [3.63, 3.8) is 0 Å². The zero-order valence-corrected chi connectivity index (χ0v) is 16.1. The Bertz CT molecular complexity index is 844. The lowest BCUT2D eigenvalue weighted by Gasteiger charge is -2.12. The Morgan fingerprint density at radius 3 is 2.29 bits per heavy atom. The van der Waals surface area contributed by atoms with Crippen molar-refractivity contribution in [2.45, 2.75) is 19.8 Å². The minimum atomic E-state index is -0.687. The van der Waals surface area contributed by atoms with Crippen LogP contribution in [0.5, 0.6) is 11.5 Å². The Hall–Kier alpha value is -3.35. The standard InChI is InChI=1S/C21H23NO6/c1-4-6-19(24)22-15-11-9-14(10-12-15)17(23)13-28-21(25)16-7-5-8-18(26-2)20(16)27-3/h5,7-12H,4,6,13H2,1-3H3,(H,22,24). The summed E-state index contributed by atoms with van der Waals surface area (Å²) in [5.74, 6) is -0.490. The van der Waals surface area contributed by atoms with Crippen molar-refractivity contribution >= 4 is 23.3 Å². The number of amides is 1. The summed E-state index contributed by atoms with van der Waals surface area (Å²) in [5, 5.41) is 2.74. The van der Waals surface area contributed by atoms with Crippen molar-refractivity contribution in [2.24, 2.45) is 0 Å². The van der Waals surface area contributed by atoms with E-state index in [2.05, 4.69) is 5.32 Å². The van der Waals surface area contributed by atoms with Crippen LogP contribution in [-0.2, 0) is 9.53 Å². The SMILES string of the molecule is CCCC(=O)Nc1ccc(C(=O)COC(=O)c2cccc(OC)c2OC)cc1. The van der Waals surface area contributed by atoms with Gasteiger partial charge in [0.05, 0.1) is 14.2 Å². The number of esters is 1. The third-order valence-corrected chi connectivity index (χ3v) is 3.92. The maximum Gasteiger partial charge on any atom is 0.342 e. The first-order valence-corrected chi connectivity index (χ1v) is 8.81. The van der Waals surface area contributed by atoms with E-state index in [1.807, 2.05) is 6.92 Å². The van der Waals surface area contributed by atoms with Gasteiger partial charge in [-0.2, -0.15) is 0 Å². The number of rotatable bonds is 9. The van der Waals surface area contributed by atoms with Crippen LogP contribution in [0.4, 0.5) is 5.69 Å². The molecule has 0 aliphatic rings. The van der Waals surface area contributed by atoms with E-state index in [-0.39, 0.29) is 23.0 Å². The second kappa shape index (κ2) is 10.1. The average molecular weight is 385 g/mol. The molecule has 0 fully saturated rings. The monoisotopic (exact) mass is 385 g/mol. The van der Waals surface area contributed by atoms with Gasteiger partial charge in [-0.1, -0.05) is 13.0 Å². The molecule has 1 N–H and O–H groups in total. The normalized spacial score (nSPS) is 10.1. The van der Waals surface area contributed by atoms with Crippen LogP contribution >= 0.6 is 0 Å². The fourth-order valence-corrected chi connectivity index (χ4v) is 2.53. The van der Waals surface area contributed by atoms with Gasteiger partial charge in [0.2, 0.25) is 5.91 Å². The van der Waals surface area contributed by atoms with Crippen molar-refractivity contribution in [2.75, 3.05) is 26.1 Å². The molecular formula is C21H23NO6. The largest absolute Gasteiger partial charge is 0.493 e. The molecule has 0 heterocycles. The van der Waals surface area contributed by atoms with Crippen LogP contribution in [0.2, 0.25) is 0 Å². The molecule has 0 atom stereocenters. The number of para-hydroxylation sites is 1. The topological polar surface area (TPSA) is 90.9 Å². The Morgan fingerprint density at radius 2 is 1.68 bits per heavy atom. The van der Waals surface area contributed by atoms with E-state index >= 15 is 0 Å². The summed E-state index contributed by atoms with van der Waals surface area (Å²) < 4.78 is 15.5. The zero-order valence-electron chi connectivity index (χ0n) is 16.1. The molecule has 7 heteroatoms. The number of Topliss-reactive ketones (excluding diaryl/α,β-unsaturated/α-hetero) is 1. The third-order valence-electron chi connectivity index (χ3n) is 3.92. The quantitative estimate of drug-likeness (QED) is 0.525. The minimum Gasteiger partial charge on any atom is -0.493 e. The Kier molecular flexibility index (Phi) is 7.56. The summed E-state index contributed by atoms with van der Waals surface area (Å²) in [6, 6.07) is 11.2. The number of ketones is 1. The van der Waals surface area contributed by atoms with Crippen LogP contribution in [0.3, 0.4) is 0 Å².